The highest BCUT2D eigenvalue weighted by atomic mass is 16.5. The molecule has 1 unspecified atom stereocenters. The molecule has 0 aliphatic carbocycles. The molecule has 1 aromatic rings. The summed E-state index contributed by atoms with van der Waals surface area (Å²) in [7, 11) is 0. The predicted octanol–water partition coefficient (Wildman–Crippen LogP) is 3.68. The van der Waals surface area contributed by atoms with E-state index >= 15 is 0 Å². The second-order valence-electron chi connectivity index (χ2n) is 5.13. The van der Waals surface area contributed by atoms with Gasteiger partial charge in [0.1, 0.15) is 12.4 Å². The molecular formula is C15H22O2. The molecule has 1 atom stereocenters. The average molecular weight is 234 g/mol. The molecule has 17 heavy (non-hydrogen) atoms. The van der Waals surface area contributed by atoms with E-state index in [0.29, 0.717) is 18.6 Å². The molecular weight excluding hydrogens is 212 g/mol. The first-order valence-corrected chi connectivity index (χ1v) is 6.52. The molecule has 2 nitrogen and oxygen atoms in total. The van der Waals surface area contributed by atoms with Crippen LogP contribution in [0.3, 0.4) is 0 Å². The van der Waals surface area contributed by atoms with Gasteiger partial charge in [0.15, 0.2) is 0 Å². The minimum Gasteiger partial charge on any atom is -0.491 e. The van der Waals surface area contributed by atoms with E-state index in [1.807, 2.05) is 0 Å². The monoisotopic (exact) mass is 234 g/mol. The Kier molecular flexibility index (Phi) is 4.06. The molecule has 2 heteroatoms. The maximum atomic E-state index is 5.83. The summed E-state index contributed by atoms with van der Waals surface area (Å²) in [4.78, 5) is 0. The van der Waals surface area contributed by atoms with Crippen LogP contribution < -0.4 is 4.74 Å². The molecule has 1 aliphatic rings. The second kappa shape index (κ2) is 5.54. The molecule has 1 aliphatic heterocycles. The number of benzene rings is 1. The van der Waals surface area contributed by atoms with Gasteiger partial charge in [-0.25, -0.2) is 0 Å². The summed E-state index contributed by atoms with van der Waals surface area (Å²) in [6.45, 7) is 8.10. The van der Waals surface area contributed by atoms with E-state index in [4.69, 9.17) is 9.47 Å². The Balaban J connectivity index is 1.96. The summed E-state index contributed by atoms with van der Waals surface area (Å²) in [5.74, 6) is 1.56. The first-order valence-electron chi connectivity index (χ1n) is 6.52. The smallest absolute Gasteiger partial charge is 0.122 e. The van der Waals surface area contributed by atoms with E-state index in [1.165, 1.54) is 17.5 Å². The molecule has 2 rings (SSSR count). The quantitative estimate of drug-likeness (QED) is 0.791. The van der Waals surface area contributed by atoms with Crippen LogP contribution in [0, 0.1) is 6.92 Å². The number of rotatable bonds is 4. The molecule has 0 radical (unpaired) electrons. The zero-order chi connectivity index (χ0) is 12.3. The van der Waals surface area contributed by atoms with Gasteiger partial charge in [-0.3, -0.25) is 0 Å². The minimum atomic E-state index is 0.291. The first-order chi connectivity index (χ1) is 8.16. The molecule has 0 saturated carbocycles. The number of hydrogen-bond donors (Lipinski definition) is 0. The van der Waals surface area contributed by atoms with Gasteiger partial charge in [0.25, 0.3) is 0 Å². The molecule has 0 spiro atoms. The van der Waals surface area contributed by atoms with E-state index in [9.17, 15) is 0 Å². The van der Waals surface area contributed by atoms with Crippen molar-refractivity contribution in [1.29, 1.82) is 0 Å². The van der Waals surface area contributed by atoms with Gasteiger partial charge in [0.05, 0.1) is 6.10 Å². The molecule has 1 heterocycles. The molecule has 1 saturated heterocycles. The zero-order valence-electron chi connectivity index (χ0n) is 11.0. The summed E-state index contributed by atoms with van der Waals surface area (Å²) in [6.07, 6.45) is 2.58. The lowest BCUT2D eigenvalue weighted by molar-refractivity contribution is 0.0677. The van der Waals surface area contributed by atoms with Gasteiger partial charge in [-0.05, 0) is 42.9 Å². The van der Waals surface area contributed by atoms with E-state index in [2.05, 4.69) is 39.0 Å². The van der Waals surface area contributed by atoms with Crippen molar-refractivity contribution in [3.63, 3.8) is 0 Å². The summed E-state index contributed by atoms with van der Waals surface area (Å²) in [5.41, 5.74) is 2.58. The summed E-state index contributed by atoms with van der Waals surface area (Å²) >= 11 is 0. The summed E-state index contributed by atoms with van der Waals surface area (Å²) in [5, 5.41) is 0. The van der Waals surface area contributed by atoms with Crippen LogP contribution >= 0.6 is 0 Å². The Bertz CT molecular complexity index is 365. The van der Waals surface area contributed by atoms with Crippen LogP contribution in [0.15, 0.2) is 18.2 Å². The van der Waals surface area contributed by atoms with Crippen LogP contribution in [0.1, 0.15) is 43.7 Å². The third-order valence-electron chi connectivity index (χ3n) is 3.31. The molecule has 1 aromatic carbocycles. The van der Waals surface area contributed by atoms with E-state index < -0.39 is 0 Å². The normalized spacial score (nSPS) is 19.9. The Morgan fingerprint density at radius 2 is 2.24 bits per heavy atom. The number of hydrogen-bond acceptors (Lipinski definition) is 2. The Morgan fingerprint density at radius 1 is 1.41 bits per heavy atom. The van der Waals surface area contributed by atoms with Crippen molar-refractivity contribution in [3.8, 4) is 5.75 Å². The fourth-order valence-corrected chi connectivity index (χ4v) is 2.15. The molecule has 94 valence electrons. The van der Waals surface area contributed by atoms with Crippen molar-refractivity contribution in [3.05, 3.63) is 29.3 Å². The highest BCUT2D eigenvalue weighted by molar-refractivity contribution is 5.37. The maximum Gasteiger partial charge on any atom is 0.122 e. The largest absolute Gasteiger partial charge is 0.491 e. The fourth-order valence-electron chi connectivity index (χ4n) is 2.15. The molecule has 0 bridgehead atoms. The van der Waals surface area contributed by atoms with Gasteiger partial charge < -0.3 is 9.47 Å². The van der Waals surface area contributed by atoms with E-state index in [1.54, 1.807) is 0 Å². The number of aryl methyl sites for hydroxylation is 1. The summed E-state index contributed by atoms with van der Waals surface area (Å²) < 4.78 is 11.4. The Labute approximate surface area is 104 Å². The average Bonchev–Trinajstić information content (AvgIpc) is 2.80. The Morgan fingerprint density at radius 3 is 2.82 bits per heavy atom. The van der Waals surface area contributed by atoms with Crippen LogP contribution in [0.5, 0.6) is 5.75 Å². The van der Waals surface area contributed by atoms with Crippen molar-refractivity contribution in [2.24, 2.45) is 0 Å². The lowest BCUT2D eigenvalue weighted by Gasteiger charge is -2.15. The molecule has 0 N–H and O–H groups in total. The topological polar surface area (TPSA) is 18.5 Å². The summed E-state index contributed by atoms with van der Waals surface area (Å²) in [6, 6.07) is 6.46. The van der Waals surface area contributed by atoms with Crippen molar-refractivity contribution in [2.45, 2.75) is 45.6 Å². The van der Waals surface area contributed by atoms with Gasteiger partial charge >= 0.3 is 0 Å². The minimum absolute atomic E-state index is 0.291. The maximum absolute atomic E-state index is 5.83. The highest BCUT2D eigenvalue weighted by Crippen LogP contribution is 2.24. The van der Waals surface area contributed by atoms with Gasteiger partial charge in [0, 0.05) is 6.61 Å². The van der Waals surface area contributed by atoms with Crippen LogP contribution in [-0.4, -0.2) is 19.3 Å². The SMILES string of the molecule is Cc1cc(C(C)C)ccc1OCC1CCCO1. The van der Waals surface area contributed by atoms with E-state index in [0.717, 1.165) is 18.8 Å². The lowest BCUT2D eigenvalue weighted by Crippen LogP contribution is -2.16. The van der Waals surface area contributed by atoms with Crippen molar-refractivity contribution in [1.82, 2.24) is 0 Å². The van der Waals surface area contributed by atoms with E-state index in [-0.39, 0.29) is 0 Å². The fraction of sp³-hybridized carbons (Fsp3) is 0.600. The third-order valence-corrected chi connectivity index (χ3v) is 3.31. The standard InChI is InChI=1S/C15H22O2/c1-11(2)13-6-7-15(12(3)9-13)17-10-14-5-4-8-16-14/h6-7,9,11,14H,4-5,8,10H2,1-3H3. The van der Waals surface area contributed by atoms with Crippen LogP contribution in [0.25, 0.3) is 0 Å². The van der Waals surface area contributed by atoms with Crippen molar-refractivity contribution < 1.29 is 9.47 Å². The third kappa shape index (κ3) is 3.22. The Hall–Kier alpha value is -1.02. The lowest BCUT2D eigenvalue weighted by atomic mass is 10.0. The van der Waals surface area contributed by atoms with Crippen LogP contribution in [0.4, 0.5) is 0 Å². The van der Waals surface area contributed by atoms with Gasteiger partial charge in [-0.2, -0.15) is 0 Å². The van der Waals surface area contributed by atoms with Crippen molar-refractivity contribution in [2.75, 3.05) is 13.2 Å². The zero-order valence-corrected chi connectivity index (χ0v) is 11.0. The molecule has 1 fully saturated rings. The number of ether oxygens (including phenoxy) is 2. The molecule has 0 amide bonds. The van der Waals surface area contributed by atoms with Crippen LogP contribution in [0.2, 0.25) is 0 Å². The highest BCUT2D eigenvalue weighted by Gasteiger charge is 2.16. The molecule has 0 aromatic heterocycles. The van der Waals surface area contributed by atoms with Crippen LogP contribution in [-0.2, 0) is 4.74 Å². The predicted molar refractivity (Wildman–Crippen MR) is 69.7 cm³/mol. The van der Waals surface area contributed by atoms with Gasteiger partial charge in [-0.1, -0.05) is 26.0 Å². The van der Waals surface area contributed by atoms with Crippen molar-refractivity contribution >= 4 is 0 Å². The van der Waals surface area contributed by atoms with Gasteiger partial charge in [0.2, 0.25) is 0 Å². The van der Waals surface area contributed by atoms with Gasteiger partial charge in [-0.15, -0.1) is 0 Å². The second-order valence-corrected chi connectivity index (χ2v) is 5.13. The first kappa shape index (κ1) is 12.4.